The van der Waals surface area contributed by atoms with Crippen LogP contribution in [0.25, 0.3) is 0 Å². The quantitative estimate of drug-likeness (QED) is 0.867. The van der Waals surface area contributed by atoms with E-state index in [1.807, 2.05) is 11.9 Å². The van der Waals surface area contributed by atoms with Crippen molar-refractivity contribution in [3.63, 3.8) is 0 Å². The molecule has 0 aromatic heterocycles. The molecule has 3 rings (SSSR count). The summed E-state index contributed by atoms with van der Waals surface area (Å²) in [4.78, 5) is 16.1. The zero-order chi connectivity index (χ0) is 13.6. The zero-order valence-electron chi connectivity index (χ0n) is 11.6. The Morgan fingerprint density at radius 3 is 2.84 bits per heavy atom. The molecule has 102 valence electrons. The van der Waals surface area contributed by atoms with E-state index < -0.39 is 0 Å². The van der Waals surface area contributed by atoms with Gasteiger partial charge in [0.1, 0.15) is 0 Å². The number of likely N-dealkylation sites (tertiary alicyclic amines) is 1. The van der Waals surface area contributed by atoms with Gasteiger partial charge in [0.05, 0.1) is 12.1 Å². The first-order chi connectivity index (χ1) is 9.11. The van der Waals surface area contributed by atoms with Crippen LogP contribution in [0.4, 0.5) is 5.69 Å². The van der Waals surface area contributed by atoms with Gasteiger partial charge in [-0.05, 0) is 37.1 Å². The Bertz CT molecular complexity index is 514. The Hall–Kier alpha value is -1.39. The molecule has 2 unspecified atom stereocenters. The second-order valence-electron chi connectivity index (χ2n) is 5.78. The third kappa shape index (κ3) is 1.95. The van der Waals surface area contributed by atoms with Crippen molar-refractivity contribution < 1.29 is 4.79 Å². The van der Waals surface area contributed by atoms with Gasteiger partial charge in [-0.1, -0.05) is 18.2 Å². The lowest BCUT2D eigenvalue weighted by molar-refractivity contribution is -0.117. The summed E-state index contributed by atoms with van der Waals surface area (Å²) >= 11 is 0. The number of amides is 1. The van der Waals surface area contributed by atoms with Crippen LogP contribution in [0.3, 0.4) is 0 Å². The average Bonchev–Trinajstić information content (AvgIpc) is 2.91. The van der Waals surface area contributed by atoms with E-state index >= 15 is 0 Å². The lowest BCUT2D eigenvalue weighted by atomic mass is 9.96. The standard InChI is InChI=1S/C15H21N3O/c1-17-9-10(8-16)6-13(17)12-5-3-4-11-7-14(19)18(2)15(11)12/h3-5,10,13H,6-9,16H2,1-2H3. The average molecular weight is 259 g/mol. The Morgan fingerprint density at radius 1 is 1.37 bits per heavy atom. The third-order valence-corrected chi connectivity index (χ3v) is 4.53. The van der Waals surface area contributed by atoms with Gasteiger partial charge in [-0.2, -0.15) is 0 Å². The van der Waals surface area contributed by atoms with Gasteiger partial charge in [0.25, 0.3) is 0 Å². The predicted molar refractivity (Wildman–Crippen MR) is 76.1 cm³/mol. The number of rotatable bonds is 2. The highest BCUT2D eigenvalue weighted by Gasteiger charge is 2.35. The molecule has 1 aromatic rings. The molecule has 1 saturated heterocycles. The molecule has 2 aliphatic heterocycles. The molecule has 0 aliphatic carbocycles. The second-order valence-corrected chi connectivity index (χ2v) is 5.78. The third-order valence-electron chi connectivity index (χ3n) is 4.53. The van der Waals surface area contributed by atoms with Crippen LogP contribution in [0.2, 0.25) is 0 Å². The Labute approximate surface area is 114 Å². The van der Waals surface area contributed by atoms with Crippen LogP contribution in [-0.4, -0.2) is 38.0 Å². The van der Waals surface area contributed by atoms with E-state index in [9.17, 15) is 4.79 Å². The van der Waals surface area contributed by atoms with Crippen molar-refractivity contribution >= 4 is 11.6 Å². The number of nitrogens with two attached hydrogens (primary N) is 1. The molecule has 0 bridgehead atoms. The highest BCUT2D eigenvalue weighted by molar-refractivity contribution is 6.01. The van der Waals surface area contributed by atoms with Gasteiger partial charge < -0.3 is 10.6 Å². The maximum atomic E-state index is 11.9. The van der Waals surface area contributed by atoms with Crippen LogP contribution in [-0.2, 0) is 11.2 Å². The van der Waals surface area contributed by atoms with Gasteiger partial charge in [0.2, 0.25) is 5.91 Å². The molecule has 1 fully saturated rings. The highest BCUT2D eigenvalue weighted by Crippen LogP contribution is 2.41. The molecule has 0 spiro atoms. The lowest BCUT2D eigenvalue weighted by Crippen LogP contribution is -2.24. The molecule has 4 heteroatoms. The fraction of sp³-hybridized carbons (Fsp3) is 0.533. The molecule has 0 radical (unpaired) electrons. The number of benzene rings is 1. The minimum atomic E-state index is 0.193. The van der Waals surface area contributed by atoms with E-state index in [1.54, 1.807) is 0 Å². The Morgan fingerprint density at radius 2 is 2.16 bits per heavy atom. The first-order valence-corrected chi connectivity index (χ1v) is 6.90. The minimum absolute atomic E-state index is 0.193. The molecule has 2 aliphatic rings. The number of likely N-dealkylation sites (N-methyl/N-ethyl adjacent to an activating group) is 1. The molecule has 4 nitrogen and oxygen atoms in total. The fourth-order valence-corrected chi connectivity index (χ4v) is 3.48. The van der Waals surface area contributed by atoms with Crippen molar-refractivity contribution in [3.8, 4) is 0 Å². The molecule has 1 aromatic carbocycles. The summed E-state index contributed by atoms with van der Waals surface area (Å²) in [5, 5.41) is 0. The van der Waals surface area contributed by atoms with E-state index in [2.05, 4.69) is 30.1 Å². The van der Waals surface area contributed by atoms with Crippen LogP contribution in [0.1, 0.15) is 23.6 Å². The van der Waals surface area contributed by atoms with Gasteiger partial charge in [0.15, 0.2) is 0 Å². The summed E-state index contributed by atoms with van der Waals surface area (Å²) in [5.74, 6) is 0.756. The number of anilines is 1. The molecule has 2 heterocycles. The number of fused-ring (bicyclic) bond motifs is 1. The fourth-order valence-electron chi connectivity index (χ4n) is 3.48. The largest absolute Gasteiger partial charge is 0.330 e. The normalized spacial score (nSPS) is 27.1. The van der Waals surface area contributed by atoms with Crippen molar-refractivity contribution in [1.82, 2.24) is 4.90 Å². The van der Waals surface area contributed by atoms with Crippen molar-refractivity contribution in [2.45, 2.75) is 18.9 Å². The van der Waals surface area contributed by atoms with Gasteiger partial charge in [-0.3, -0.25) is 9.69 Å². The Kier molecular flexibility index (Phi) is 3.07. The topological polar surface area (TPSA) is 49.6 Å². The number of carbonyl (C=O) groups is 1. The summed E-state index contributed by atoms with van der Waals surface area (Å²) in [6.07, 6.45) is 1.63. The number of nitrogens with zero attached hydrogens (tertiary/aromatic N) is 2. The van der Waals surface area contributed by atoms with E-state index in [1.165, 1.54) is 5.56 Å². The smallest absolute Gasteiger partial charge is 0.231 e. The first kappa shape index (κ1) is 12.6. The van der Waals surface area contributed by atoms with Crippen molar-refractivity contribution in [2.24, 2.45) is 11.7 Å². The van der Waals surface area contributed by atoms with Crippen LogP contribution < -0.4 is 10.6 Å². The van der Waals surface area contributed by atoms with Gasteiger partial charge >= 0.3 is 0 Å². The number of hydrogen-bond acceptors (Lipinski definition) is 3. The van der Waals surface area contributed by atoms with E-state index in [0.717, 1.165) is 30.8 Å². The van der Waals surface area contributed by atoms with Crippen LogP contribution >= 0.6 is 0 Å². The van der Waals surface area contributed by atoms with Crippen molar-refractivity contribution in [1.29, 1.82) is 0 Å². The van der Waals surface area contributed by atoms with Gasteiger partial charge in [-0.25, -0.2) is 0 Å². The molecule has 1 amide bonds. The molecule has 2 N–H and O–H groups in total. The van der Waals surface area contributed by atoms with E-state index in [0.29, 0.717) is 18.4 Å². The predicted octanol–water partition coefficient (Wildman–Crippen LogP) is 1.16. The first-order valence-electron chi connectivity index (χ1n) is 6.90. The zero-order valence-corrected chi connectivity index (χ0v) is 11.6. The van der Waals surface area contributed by atoms with Crippen molar-refractivity contribution in [3.05, 3.63) is 29.3 Å². The number of hydrogen-bond donors (Lipinski definition) is 1. The maximum absolute atomic E-state index is 11.9. The maximum Gasteiger partial charge on any atom is 0.231 e. The molecule has 0 saturated carbocycles. The Balaban J connectivity index is 1.99. The molecule has 2 atom stereocenters. The lowest BCUT2D eigenvalue weighted by Gasteiger charge is -2.24. The van der Waals surface area contributed by atoms with Crippen molar-refractivity contribution in [2.75, 3.05) is 32.1 Å². The highest BCUT2D eigenvalue weighted by atomic mass is 16.2. The summed E-state index contributed by atoms with van der Waals surface area (Å²) in [6.45, 7) is 1.78. The van der Waals surface area contributed by atoms with Crippen LogP contribution in [0.5, 0.6) is 0 Å². The second kappa shape index (κ2) is 4.62. The number of para-hydroxylation sites is 1. The van der Waals surface area contributed by atoms with Gasteiger partial charge in [-0.15, -0.1) is 0 Å². The SMILES string of the molecule is CN1C(=O)Cc2cccc(C3CC(CN)CN3C)c21. The summed E-state index contributed by atoms with van der Waals surface area (Å²) in [5.41, 5.74) is 9.38. The summed E-state index contributed by atoms with van der Waals surface area (Å²) in [6, 6.07) is 6.69. The molecular formula is C15H21N3O. The summed E-state index contributed by atoms with van der Waals surface area (Å²) in [7, 11) is 4.03. The van der Waals surface area contributed by atoms with E-state index in [4.69, 9.17) is 5.73 Å². The van der Waals surface area contributed by atoms with Crippen LogP contribution in [0.15, 0.2) is 18.2 Å². The summed E-state index contributed by atoms with van der Waals surface area (Å²) < 4.78 is 0. The molecule has 19 heavy (non-hydrogen) atoms. The minimum Gasteiger partial charge on any atom is -0.330 e. The number of carbonyl (C=O) groups excluding carboxylic acids is 1. The van der Waals surface area contributed by atoms with Crippen LogP contribution in [0, 0.1) is 5.92 Å². The monoisotopic (exact) mass is 259 g/mol. The molecular weight excluding hydrogens is 238 g/mol. The van der Waals surface area contributed by atoms with Gasteiger partial charge in [0, 0.05) is 19.6 Å². The van der Waals surface area contributed by atoms with E-state index in [-0.39, 0.29) is 5.91 Å².